The molecule has 198 valence electrons. The number of terminal acetylenes is 1. The molecule has 0 aliphatic carbocycles. The van der Waals surface area contributed by atoms with E-state index >= 15 is 0 Å². The number of hydrogen-bond donors (Lipinski definition) is 2. The molecule has 0 heterocycles. The van der Waals surface area contributed by atoms with E-state index in [1.165, 1.54) is 0 Å². The number of hydrogen-bond acceptors (Lipinski definition) is 6. The highest BCUT2D eigenvalue weighted by atomic mass is 16.6. The van der Waals surface area contributed by atoms with E-state index in [1.54, 1.807) is 52.0 Å². The van der Waals surface area contributed by atoms with Gasteiger partial charge in [0.1, 0.15) is 17.7 Å². The van der Waals surface area contributed by atoms with Gasteiger partial charge in [0, 0.05) is 12.6 Å². The molecule has 9 heteroatoms. The number of nitrogens with one attached hydrogen (secondary N) is 2. The van der Waals surface area contributed by atoms with Crippen LogP contribution in [0.2, 0.25) is 0 Å². The van der Waals surface area contributed by atoms with Crippen LogP contribution in [0.5, 0.6) is 0 Å². The lowest BCUT2D eigenvalue weighted by molar-refractivity contribution is -0.143. The van der Waals surface area contributed by atoms with Gasteiger partial charge in [-0.3, -0.25) is 19.3 Å². The number of esters is 1. The van der Waals surface area contributed by atoms with E-state index in [4.69, 9.17) is 15.9 Å². The number of carbonyl (C=O) groups excluding carboxylic acids is 4. The number of carbonyl (C=O) groups is 4. The van der Waals surface area contributed by atoms with Crippen LogP contribution in [0.4, 0.5) is 4.79 Å². The zero-order valence-electron chi connectivity index (χ0n) is 22.3. The molecule has 1 rings (SSSR count). The first-order valence-electron chi connectivity index (χ1n) is 12.1. The molecule has 3 amide bonds. The number of rotatable bonds is 11. The van der Waals surface area contributed by atoms with Crippen molar-refractivity contribution in [3.05, 3.63) is 35.4 Å². The maximum Gasteiger partial charge on any atom is 0.408 e. The van der Waals surface area contributed by atoms with Gasteiger partial charge in [0.2, 0.25) is 5.91 Å². The van der Waals surface area contributed by atoms with Crippen LogP contribution in [0.1, 0.15) is 71.6 Å². The minimum absolute atomic E-state index is 0.0121. The fraction of sp³-hybridized carbons (Fsp3) is 0.556. The molecule has 0 saturated heterocycles. The van der Waals surface area contributed by atoms with Gasteiger partial charge >= 0.3 is 12.1 Å². The molecule has 0 aliphatic rings. The molecule has 0 fully saturated rings. The molecule has 36 heavy (non-hydrogen) atoms. The van der Waals surface area contributed by atoms with E-state index in [9.17, 15) is 19.2 Å². The van der Waals surface area contributed by atoms with Gasteiger partial charge < -0.3 is 20.1 Å². The molecular weight excluding hydrogens is 462 g/mol. The summed E-state index contributed by atoms with van der Waals surface area (Å²) in [6.45, 7) is 12.8. The molecule has 0 aromatic heterocycles. The van der Waals surface area contributed by atoms with Gasteiger partial charge in [-0.25, -0.2) is 4.79 Å². The third-order valence-corrected chi connectivity index (χ3v) is 4.91. The largest absolute Gasteiger partial charge is 0.466 e. The Kier molecular flexibility index (Phi) is 12.0. The Bertz CT molecular complexity index is 944. The molecule has 1 aromatic rings. The number of nitrogens with zero attached hydrogens (tertiary/aromatic N) is 1. The van der Waals surface area contributed by atoms with Gasteiger partial charge in [0.25, 0.3) is 5.91 Å². The highest BCUT2D eigenvalue weighted by Crippen LogP contribution is 2.24. The molecule has 2 N–H and O–H groups in total. The highest BCUT2D eigenvalue weighted by Gasteiger charge is 2.36. The zero-order valence-corrected chi connectivity index (χ0v) is 22.3. The lowest BCUT2D eigenvalue weighted by Gasteiger charge is -2.31. The van der Waals surface area contributed by atoms with Crippen molar-refractivity contribution in [1.29, 1.82) is 0 Å². The van der Waals surface area contributed by atoms with Gasteiger partial charge in [0.05, 0.1) is 13.0 Å². The first kappa shape index (κ1) is 30.5. The van der Waals surface area contributed by atoms with Gasteiger partial charge in [-0.15, -0.1) is 0 Å². The van der Waals surface area contributed by atoms with Gasteiger partial charge in [-0.1, -0.05) is 50.1 Å². The van der Waals surface area contributed by atoms with Crippen molar-refractivity contribution < 1.29 is 28.7 Å². The summed E-state index contributed by atoms with van der Waals surface area (Å²) in [5, 5.41) is 5.27. The summed E-state index contributed by atoms with van der Waals surface area (Å²) in [6, 6.07) is 7.16. The van der Waals surface area contributed by atoms with E-state index in [2.05, 4.69) is 16.7 Å². The average molecular weight is 502 g/mol. The predicted molar refractivity (Wildman–Crippen MR) is 136 cm³/mol. The van der Waals surface area contributed by atoms with Gasteiger partial charge in [-0.05, 0) is 52.5 Å². The fourth-order valence-electron chi connectivity index (χ4n) is 3.36. The third-order valence-electron chi connectivity index (χ3n) is 4.91. The smallest absolute Gasteiger partial charge is 0.408 e. The molecule has 0 radical (unpaired) electrons. The van der Waals surface area contributed by atoms with Crippen LogP contribution in [0, 0.1) is 25.3 Å². The number of alkyl carbamates (subject to hydrolysis) is 1. The zero-order chi connectivity index (χ0) is 27.5. The third kappa shape index (κ3) is 10.4. The van der Waals surface area contributed by atoms with E-state index in [-0.39, 0.29) is 31.9 Å². The Morgan fingerprint density at radius 2 is 1.72 bits per heavy atom. The second kappa shape index (κ2) is 14.1. The Balaban J connectivity index is 3.26. The van der Waals surface area contributed by atoms with Crippen molar-refractivity contribution >= 4 is 23.9 Å². The quantitative estimate of drug-likeness (QED) is 0.273. The summed E-state index contributed by atoms with van der Waals surface area (Å²) in [5.74, 6) is -1.60. The minimum atomic E-state index is -1.18. The maximum atomic E-state index is 13.6. The second-order valence-corrected chi connectivity index (χ2v) is 9.82. The van der Waals surface area contributed by atoms with Crippen LogP contribution < -0.4 is 10.6 Å². The Morgan fingerprint density at radius 3 is 2.22 bits per heavy atom. The van der Waals surface area contributed by atoms with Crippen LogP contribution in [0.3, 0.4) is 0 Å². The Hall–Kier alpha value is -3.54. The first-order valence-corrected chi connectivity index (χ1v) is 12.1. The van der Waals surface area contributed by atoms with Crippen LogP contribution >= 0.6 is 0 Å². The van der Waals surface area contributed by atoms with Crippen LogP contribution in [0.25, 0.3) is 0 Å². The molecule has 0 spiro atoms. The number of amides is 3. The summed E-state index contributed by atoms with van der Waals surface area (Å²) in [4.78, 5) is 52.0. The minimum Gasteiger partial charge on any atom is -0.466 e. The molecule has 1 aromatic carbocycles. The lowest BCUT2D eigenvalue weighted by atomic mass is 9.99. The maximum absolute atomic E-state index is 13.6. The van der Waals surface area contributed by atoms with E-state index in [0.717, 1.165) is 10.5 Å². The standard InChI is InChI=1S/C27H39N3O6/c1-9-30(25(33)21(17-18(3)4)29-26(34)36-27(6,7)8)23(20-13-11-19(5)12-14-20)24(32)28-16-15-22(31)35-10-2/h1,11-14,18,21,23H,10,15-17H2,2-8H3,(H,28,32)(H,29,34). The SMILES string of the molecule is C#CN(C(=O)C(CC(C)C)NC(=O)OC(C)(C)C)C(C(=O)NCCC(=O)OCC)c1ccc(C)cc1. The molecule has 9 nitrogen and oxygen atoms in total. The van der Waals surface area contributed by atoms with Crippen molar-refractivity contribution in [3.63, 3.8) is 0 Å². The van der Waals surface area contributed by atoms with Crippen LogP contribution in [0.15, 0.2) is 24.3 Å². The van der Waals surface area contributed by atoms with E-state index in [1.807, 2.05) is 20.8 Å². The average Bonchev–Trinajstić information content (AvgIpc) is 2.75. The van der Waals surface area contributed by atoms with Crippen molar-refractivity contribution in [2.75, 3.05) is 13.2 Å². The lowest BCUT2D eigenvalue weighted by Crippen LogP contribution is -2.52. The number of benzene rings is 1. The Labute approximate surface area is 214 Å². The number of aryl methyl sites for hydroxylation is 1. The summed E-state index contributed by atoms with van der Waals surface area (Å²) in [6.07, 6.45) is 5.25. The van der Waals surface area contributed by atoms with Crippen molar-refractivity contribution in [2.45, 2.75) is 79.0 Å². The molecular formula is C27H39N3O6. The summed E-state index contributed by atoms with van der Waals surface area (Å²) in [7, 11) is 0. The van der Waals surface area contributed by atoms with Crippen molar-refractivity contribution in [1.82, 2.24) is 15.5 Å². The molecule has 0 bridgehead atoms. The van der Waals surface area contributed by atoms with E-state index < -0.39 is 41.6 Å². The summed E-state index contributed by atoms with van der Waals surface area (Å²) >= 11 is 0. The second-order valence-electron chi connectivity index (χ2n) is 9.82. The van der Waals surface area contributed by atoms with Gasteiger partial charge in [0.15, 0.2) is 0 Å². The molecule has 0 aliphatic heterocycles. The molecule has 2 atom stereocenters. The fourth-order valence-corrected chi connectivity index (χ4v) is 3.36. The number of ether oxygens (including phenoxy) is 2. The van der Waals surface area contributed by atoms with Gasteiger partial charge in [-0.2, -0.15) is 0 Å². The first-order chi connectivity index (χ1) is 16.8. The van der Waals surface area contributed by atoms with Crippen LogP contribution in [-0.4, -0.2) is 53.6 Å². The normalized spacial score (nSPS) is 12.6. The topological polar surface area (TPSA) is 114 Å². The predicted octanol–water partition coefficient (Wildman–Crippen LogP) is 3.46. The Morgan fingerprint density at radius 1 is 1.11 bits per heavy atom. The van der Waals surface area contributed by atoms with Crippen molar-refractivity contribution in [3.8, 4) is 12.5 Å². The molecule has 0 saturated carbocycles. The monoisotopic (exact) mass is 501 g/mol. The van der Waals surface area contributed by atoms with E-state index in [0.29, 0.717) is 5.56 Å². The summed E-state index contributed by atoms with van der Waals surface area (Å²) in [5.41, 5.74) is 0.689. The highest BCUT2D eigenvalue weighted by molar-refractivity contribution is 5.93. The van der Waals surface area contributed by atoms with Crippen molar-refractivity contribution in [2.24, 2.45) is 5.92 Å². The van der Waals surface area contributed by atoms with Crippen LogP contribution in [-0.2, 0) is 23.9 Å². The summed E-state index contributed by atoms with van der Waals surface area (Å²) < 4.78 is 10.2. The molecule has 2 unspecified atom stereocenters.